The second kappa shape index (κ2) is 8.63. The predicted molar refractivity (Wildman–Crippen MR) is 107 cm³/mol. The number of carbonyl (C=O) groups excluding carboxylic acids is 1. The standard InChI is InChI=1S/C19H20N6O2S/c1-12-13(2)27-17(15(12)10-20)22-16(26)11-25-18(21)23-24-19(25)28-9-8-14-6-4-3-5-7-14/h3-7H,8-9,11H2,1-2H3,(H2,21,23)(H,22,26). The minimum atomic E-state index is -0.373. The first-order valence-electron chi connectivity index (χ1n) is 8.65. The number of rotatable bonds is 7. The average molecular weight is 396 g/mol. The Kier molecular flexibility index (Phi) is 6.01. The Morgan fingerprint density at radius 3 is 2.79 bits per heavy atom. The van der Waals surface area contributed by atoms with E-state index in [0.29, 0.717) is 22.0 Å². The predicted octanol–water partition coefficient (Wildman–Crippen LogP) is 2.92. The van der Waals surface area contributed by atoms with Gasteiger partial charge in [-0.05, 0) is 25.8 Å². The molecule has 1 aromatic carbocycles. The van der Waals surface area contributed by atoms with E-state index in [1.54, 1.807) is 18.4 Å². The summed E-state index contributed by atoms with van der Waals surface area (Å²) in [5.41, 5.74) is 8.12. The number of anilines is 2. The molecule has 8 nitrogen and oxygen atoms in total. The van der Waals surface area contributed by atoms with Gasteiger partial charge in [-0.2, -0.15) is 5.26 Å². The van der Waals surface area contributed by atoms with Crippen molar-refractivity contribution in [3.8, 4) is 6.07 Å². The summed E-state index contributed by atoms with van der Waals surface area (Å²) in [4.78, 5) is 12.4. The van der Waals surface area contributed by atoms with Gasteiger partial charge in [-0.15, -0.1) is 10.2 Å². The highest BCUT2D eigenvalue weighted by molar-refractivity contribution is 7.99. The maximum Gasteiger partial charge on any atom is 0.246 e. The summed E-state index contributed by atoms with van der Waals surface area (Å²) in [5.74, 6) is 1.30. The first kappa shape index (κ1) is 19.5. The molecule has 0 spiro atoms. The highest BCUT2D eigenvalue weighted by atomic mass is 32.2. The van der Waals surface area contributed by atoms with Crippen LogP contribution in [-0.2, 0) is 17.8 Å². The molecule has 0 fully saturated rings. The number of hydrogen-bond acceptors (Lipinski definition) is 7. The Bertz CT molecular complexity index is 1020. The van der Waals surface area contributed by atoms with Gasteiger partial charge in [0.15, 0.2) is 5.16 Å². The smallest absolute Gasteiger partial charge is 0.246 e. The number of aryl methyl sites for hydroxylation is 2. The number of nitrogens with zero attached hydrogens (tertiary/aromatic N) is 4. The molecule has 1 amide bonds. The fourth-order valence-corrected chi connectivity index (χ4v) is 3.55. The van der Waals surface area contributed by atoms with E-state index in [-0.39, 0.29) is 24.3 Å². The maximum atomic E-state index is 12.4. The average Bonchev–Trinajstić information content (AvgIpc) is 3.15. The van der Waals surface area contributed by atoms with Crippen LogP contribution in [0.3, 0.4) is 0 Å². The van der Waals surface area contributed by atoms with Crippen LogP contribution in [0.25, 0.3) is 0 Å². The van der Waals surface area contributed by atoms with Crippen molar-refractivity contribution in [1.82, 2.24) is 14.8 Å². The first-order chi connectivity index (χ1) is 13.5. The summed E-state index contributed by atoms with van der Waals surface area (Å²) in [6.07, 6.45) is 0.862. The van der Waals surface area contributed by atoms with E-state index in [9.17, 15) is 10.1 Å². The molecule has 9 heteroatoms. The Labute approximate surface area is 166 Å². The van der Waals surface area contributed by atoms with Crippen molar-refractivity contribution in [1.29, 1.82) is 5.26 Å². The summed E-state index contributed by atoms with van der Waals surface area (Å²) in [5, 5.41) is 20.4. The van der Waals surface area contributed by atoms with E-state index in [1.807, 2.05) is 24.3 Å². The topological polar surface area (TPSA) is 123 Å². The molecule has 0 aliphatic carbocycles. The molecule has 0 atom stereocenters. The zero-order chi connectivity index (χ0) is 20.1. The second-order valence-electron chi connectivity index (χ2n) is 6.16. The van der Waals surface area contributed by atoms with Crippen molar-refractivity contribution in [3.05, 3.63) is 52.8 Å². The van der Waals surface area contributed by atoms with Crippen LogP contribution in [0.5, 0.6) is 0 Å². The van der Waals surface area contributed by atoms with Gasteiger partial charge >= 0.3 is 0 Å². The van der Waals surface area contributed by atoms with Crippen LogP contribution in [0, 0.1) is 25.2 Å². The van der Waals surface area contributed by atoms with Crippen LogP contribution < -0.4 is 11.1 Å². The van der Waals surface area contributed by atoms with Crippen molar-refractivity contribution in [2.45, 2.75) is 32.0 Å². The molecule has 0 aliphatic rings. The number of nitrogens with two attached hydrogens (primary N) is 1. The van der Waals surface area contributed by atoms with Crippen molar-refractivity contribution in [2.75, 3.05) is 16.8 Å². The normalized spacial score (nSPS) is 10.6. The van der Waals surface area contributed by atoms with Crippen molar-refractivity contribution < 1.29 is 9.21 Å². The van der Waals surface area contributed by atoms with E-state index in [4.69, 9.17) is 10.2 Å². The fourth-order valence-electron chi connectivity index (χ4n) is 2.62. The molecular formula is C19H20N6O2S. The molecule has 2 heterocycles. The Morgan fingerprint density at radius 1 is 1.32 bits per heavy atom. The summed E-state index contributed by atoms with van der Waals surface area (Å²) in [7, 11) is 0. The molecule has 3 rings (SSSR count). The second-order valence-corrected chi connectivity index (χ2v) is 7.22. The number of nitrogens with one attached hydrogen (secondary N) is 1. The van der Waals surface area contributed by atoms with Gasteiger partial charge in [0.25, 0.3) is 0 Å². The van der Waals surface area contributed by atoms with Crippen LogP contribution in [0.1, 0.15) is 22.5 Å². The number of nitriles is 1. The largest absolute Gasteiger partial charge is 0.444 e. The monoisotopic (exact) mass is 396 g/mol. The van der Waals surface area contributed by atoms with Crippen LogP contribution in [-0.4, -0.2) is 26.4 Å². The molecule has 0 bridgehead atoms. The summed E-state index contributed by atoms with van der Waals surface area (Å²) in [6.45, 7) is 3.44. The van der Waals surface area contributed by atoms with Crippen LogP contribution in [0.2, 0.25) is 0 Å². The minimum Gasteiger partial charge on any atom is -0.444 e. The maximum absolute atomic E-state index is 12.4. The Morgan fingerprint density at radius 2 is 2.07 bits per heavy atom. The highest BCUT2D eigenvalue weighted by Crippen LogP contribution is 2.25. The summed E-state index contributed by atoms with van der Waals surface area (Å²) in [6, 6.07) is 12.1. The van der Waals surface area contributed by atoms with Crippen LogP contribution >= 0.6 is 11.8 Å². The van der Waals surface area contributed by atoms with Crippen LogP contribution in [0.4, 0.5) is 11.8 Å². The van der Waals surface area contributed by atoms with E-state index >= 15 is 0 Å². The summed E-state index contributed by atoms with van der Waals surface area (Å²) >= 11 is 1.48. The molecule has 3 N–H and O–H groups in total. The van der Waals surface area contributed by atoms with Gasteiger partial charge in [0.1, 0.15) is 23.9 Å². The summed E-state index contributed by atoms with van der Waals surface area (Å²) < 4.78 is 7.01. The van der Waals surface area contributed by atoms with Gasteiger partial charge in [-0.25, -0.2) is 0 Å². The van der Waals surface area contributed by atoms with Gasteiger partial charge in [-0.1, -0.05) is 42.1 Å². The molecular weight excluding hydrogens is 376 g/mol. The fraction of sp³-hybridized carbons (Fsp3) is 0.263. The van der Waals surface area contributed by atoms with Gasteiger partial charge < -0.3 is 10.2 Å². The Hall–Kier alpha value is -3.25. The van der Waals surface area contributed by atoms with E-state index in [1.165, 1.54) is 17.3 Å². The lowest BCUT2D eigenvalue weighted by Gasteiger charge is -2.08. The first-order valence-corrected chi connectivity index (χ1v) is 9.63. The number of thioether (sulfide) groups is 1. The number of benzene rings is 1. The van der Waals surface area contributed by atoms with Crippen molar-refractivity contribution in [3.63, 3.8) is 0 Å². The molecule has 144 valence electrons. The molecule has 0 saturated carbocycles. The third kappa shape index (κ3) is 4.35. The van der Waals surface area contributed by atoms with Gasteiger partial charge in [0.2, 0.25) is 17.7 Å². The van der Waals surface area contributed by atoms with Crippen molar-refractivity contribution >= 4 is 29.5 Å². The quantitative estimate of drug-likeness (QED) is 0.589. The zero-order valence-electron chi connectivity index (χ0n) is 15.6. The Balaban J connectivity index is 1.64. The SMILES string of the molecule is Cc1oc(NC(=O)Cn2c(N)nnc2SCCc2ccccc2)c(C#N)c1C. The molecule has 0 radical (unpaired) electrons. The number of carbonyl (C=O) groups is 1. The number of nitrogen functional groups attached to an aromatic ring is 1. The molecule has 0 unspecified atom stereocenters. The number of aromatic nitrogens is 3. The third-order valence-electron chi connectivity index (χ3n) is 4.26. The molecule has 2 aromatic heterocycles. The number of hydrogen-bond donors (Lipinski definition) is 2. The van der Waals surface area contributed by atoms with Gasteiger partial charge in [0, 0.05) is 11.3 Å². The minimum absolute atomic E-state index is 0.0732. The lowest BCUT2D eigenvalue weighted by molar-refractivity contribution is -0.116. The van der Waals surface area contributed by atoms with Gasteiger partial charge in [0.05, 0.1) is 0 Å². The third-order valence-corrected chi connectivity index (χ3v) is 5.23. The highest BCUT2D eigenvalue weighted by Gasteiger charge is 2.19. The molecule has 0 saturated heterocycles. The van der Waals surface area contributed by atoms with Gasteiger partial charge in [-0.3, -0.25) is 14.7 Å². The van der Waals surface area contributed by atoms with Crippen LogP contribution in [0.15, 0.2) is 39.9 Å². The molecule has 28 heavy (non-hydrogen) atoms. The molecule has 0 aliphatic heterocycles. The lowest BCUT2D eigenvalue weighted by atomic mass is 10.2. The zero-order valence-corrected chi connectivity index (χ0v) is 16.4. The number of amides is 1. The number of furan rings is 1. The van der Waals surface area contributed by atoms with E-state index in [0.717, 1.165) is 12.2 Å². The lowest BCUT2D eigenvalue weighted by Crippen LogP contribution is -2.20. The molecule has 3 aromatic rings. The van der Waals surface area contributed by atoms with E-state index in [2.05, 4.69) is 27.6 Å². The van der Waals surface area contributed by atoms with Crippen molar-refractivity contribution in [2.24, 2.45) is 0 Å². The van der Waals surface area contributed by atoms with E-state index < -0.39 is 0 Å².